The molecule has 1 rings (SSSR count). The zero-order valence-electron chi connectivity index (χ0n) is 8.22. The van der Waals surface area contributed by atoms with Crippen LogP contribution in [0, 0.1) is 0 Å². The molecule has 3 N–H and O–H groups in total. The Hall–Kier alpha value is -1.43. The van der Waals surface area contributed by atoms with E-state index in [9.17, 15) is 0 Å². The molecule has 0 atom stereocenters. The van der Waals surface area contributed by atoms with Gasteiger partial charge >= 0.3 is 0 Å². The predicted octanol–water partition coefficient (Wildman–Crippen LogP) is 0.0195. The molecule has 1 aromatic heterocycles. The number of oxime groups is 1. The molecule has 0 aliphatic rings. The Morgan fingerprint density at radius 2 is 2.50 bits per heavy atom. The van der Waals surface area contributed by atoms with E-state index in [2.05, 4.69) is 15.5 Å². The summed E-state index contributed by atoms with van der Waals surface area (Å²) in [5.74, 6) is 0. The molecule has 0 saturated carbocycles. The van der Waals surface area contributed by atoms with E-state index < -0.39 is 0 Å². The Kier molecular flexibility index (Phi) is 4.06. The van der Waals surface area contributed by atoms with Gasteiger partial charge in [0.05, 0.1) is 11.4 Å². The molecule has 0 radical (unpaired) electrons. The largest absolute Gasteiger partial charge is 0.411 e. The van der Waals surface area contributed by atoms with E-state index in [0.717, 1.165) is 18.7 Å². The van der Waals surface area contributed by atoms with Crippen molar-refractivity contribution in [3.8, 4) is 0 Å². The van der Waals surface area contributed by atoms with Crippen LogP contribution < -0.4 is 5.73 Å². The first-order valence-electron chi connectivity index (χ1n) is 4.53. The minimum atomic E-state index is 0.527. The third-order valence-corrected chi connectivity index (χ3v) is 1.79. The summed E-state index contributed by atoms with van der Waals surface area (Å²) in [6, 6.07) is 0. The summed E-state index contributed by atoms with van der Waals surface area (Å²) in [5.41, 5.74) is 6.80. The number of aryl methyl sites for hydroxylation is 1. The third kappa shape index (κ3) is 3.14. The van der Waals surface area contributed by atoms with E-state index in [1.54, 1.807) is 11.6 Å². The Bertz CT molecular complexity index is 306. The molecule has 1 aromatic rings. The zero-order valence-corrected chi connectivity index (χ0v) is 8.22. The second-order valence-electron chi connectivity index (χ2n) is 3.13. The van der Waals surface area contributed by atoms with Gasteiger partial charge in [0.2, 0.25) is 0 Å². The van der Waals surface area contributed by atoms with E-state index in [4.69, 9.17) is 10.9 Å². The van der Waals surface area contributed by atoms with Gasteiger partial charge in [-0.05, 0) is 19.9 Å². The molecule has 0 fully saturated rings. The quantitative estimate of drug-likeness (QED) is 0.395. The summed E-state index contributed by atoms with van der Waals surface area (Å²) < 4.78 is 1.74. The van der Waals surface area contributed by atoms with Crippen molar-refractivity contribution in [2.24, 2.45) is 10.9 Å². The lowest BCUT2D eigenvalue weighted by Crippen LogP contribution is -2.06. The van der Waals surface area contributed by atoms with E-state index in [1.165, 1.54) is 0 Å². The van der Waals surface area contributed by atoms with Gasteiger partial charge in [0, 0.05) is 19.2 Å². The topological polar surface area (TPSA) is 89.3 Å². The van der Waals surface area contributed by atoms with E-state index in [0.29, 0.717) is 18.7 Å². The maximum absolute atomic E-state index is 8.46. The lowest BCUT2D eigenvalue weighted by Gasteiger charge is -1.95. The van der Waals surface area contributed by atoms with Crippen molar-refractivity contribution in [3.63, 3.8) is 0 Å². The van der Waals surface area contributed by atoms with Crippen LogP contribution in [0.4, 0.5) is 0 Å². The molecule has 0 unspecified atom stereocenters. The van der Waals surface area contributed by atoms with Gasteiger partial charge in [-0.3, -0.25) is 4.68 Å². The first-order chi connectivity index (χ1) is 6.76. The van der Waals surface area contributed by atoms with E-state index in [1.807, 2.05) is 6.20 Å². The Morgan fingerprint density at radius 1 is 1.71 bits per heavy atom. The highest BCUT2D eigenvalue weighted by atomic mass is 16.4. The maximum Gasteiger partial charge on any atom is 0.0884 e. The smallest absolute Gasteiger partial charge is 0.0884 e. The van der Waals surface area contributed by atoms with Crippen LogP contribution >= 0.6 is 0 Å². The molecule has 6 heteroatoms. The lowest BCUT2D eigenvalue weighted by atomic mass is 10.2. The number of nitrogens with two attached hydrogens (primary N) is 1. The van der Waals surface area contributed by atoms with E-state index >= 15 is 0 Å². The molecule has 14 heavy (non-hydrogen) atoms. The van der Waals surface area contributed by atoms with Crippen molar-refractivity contribution in [2.75, 3.05) is 6.54 Å². The Morgan fingerprint density at radius 3 is 3.14 bits per heavy atom. The molecule has 0 spiro atoms. The number of aromatic nitrogens is 3. The molecule has 78 valence electrons. The van der Waals surface area contributed by atoms with Crippen LogP contribution in [0.25, 0.3) is 0 Å². The van der Waals surface area contributed by atoms with Gasteiger partial charge in [0.25, 0.3) is 0 Å². The molecule has 0 aliphatic carbocycles. The van der Waals surface area contributed by atoms with Gasteiger partial charge in [-0.15, -0.1) is 5.10 Å². The highest BCUT2D eigenvalue weighted by Crippen LogP contribution is 1.97. The zero-order chi connectivity index (χ0) is 10.4. The first kappa shape index (κ1) is 10.6. The summed E-state index contributed by atoms with van der Waals surface area (Å²) in [6.07, 6.45) is 3.25. The molecule has 0 aromatic carbocycles. The van der Waals surface area contributed by atoms with Crippen molar-refractivity contribution in [3.05, 3.63) is 11.9 Å². The molecular formula is C8H15N5O. The van der Waals surface area contributed by atoms with Crippen LogP contribution in [-0.2, 0) is 13.0 Å². The van der Waals surface area contributed by atoms with Gasteiger partial charge in [0.15, 0.2) is 0 Å². The molecule has 0 aliphatic heterocycles. The van der Waals surface area contributed by atoms with Crippen molar-refractivity contribution in [1.82, 2.24) is 15.0 Å². The van der Waals surface area contributed by atoms with Crippen molar-refractivity contribution in [1.29, 1.82) is 0 Å². The number of hydrogen-bond donors (Lipinski definition) is 2. The van der Waals surface area contributed by atoms with Gasteiger partial charge in [-0.2, -0.15) is 0 Å². The Balaban J connectivity index is 2.50. The van der Waals surface area contributed by atoms with Crippen LogP contribution in [-0.4, -0.2) is 32.5 Å². The molecular weight excluding hydrogens is 182 g/mol. The highest BCUT2D eigenvalue weighted by Gasteiger charge is 2.02. The van der Waals surface area contributed by atoms with Crippen molar-refractivity contribution in [2.45, 2.75) is 26.3 Å². The van der Waals surface area contributed by atoms with Crippen LogP contribution in [0.15, 0.2) is 11.4 Å². The average Bonchev–Trinajstić information content (AvgIpc) is 2.62. The van der Waals surface area contributed by atoms with Gasteiger partial charge < -0.3 is 10.9 Å². The third-order valence-electron chi connectivity index (χ3n) is 1.79. The van der Waals surface area contributed by atoms with E-state index in [-0.39, 0.29) is 0 Å². The van der Waals surface area contributed by atoms with Crippen LogP contribution in [0.5, 0.6) is 0 Å². The summed E-state index contributed by atoms with van der Waals surface area (Å²) >= 11 is 0. The highest BCUT2D eigenvalue weighted by molar-refractivity contribution is 5.83. The monoisotopic (exact) mass is 197 g/mol. The average molecular weight is 197 g/mol. The SMILES string of the molecule is C/C(Cc1cn(CCCN)nn1)=N/O. The fraction of sp³-hybridized carbons (Fsp3) is 0.625. The number of nitrogens with zero attached hydrogens (tertiary/aromatic N) is 4. The molecule has 0 saturated heterocycles. The van der Waals surface area contributed by atoms with Gasteiger partial charge in [-0.25, -0.2) is 0 Å². The summed E-state index contributed by atoms with van der Waals surface area (Å²) in [6.45, 7) is 3.16. The van der Waals surface area contributed by atoms with Gasteiger partial charge in [-0.1, -0.05) is 10.4 Å². The standard InChI is InChI=1S/C8H15N5O/c1-7(11-14)5-8-6-13(12-10-8)4-2-3-9/h6,14H,2-5,9H2,1H3/b11-7-. The number of rotatable bonds is 5. The maximum atomic E-state index is 8.46. The Labute approximate surface area is 82.4 Å². The second kappa shape index (κ2) is 5.33. The fourth-order valence-corrected chi connectivity index (χ4v) is 1.08. The fourth-order valence-electron chi connectivity index (χ4n) is 1.08. The minimum Gasteiger partial charge on any atom is -0.411 e. The normalized spacial score (nSPS) is 12.0. The second-order valence-corrected chi connectivity index (χ2v) is 3.13. The van der Waals surface area contributed by atoms with Crippen LogP contribution in [0.3, 0.4) is 0 Å². The van der Waals surface area contributed by atoms with Crippen LogP contribution in [0.1, 0.15) is 19.0 Å². The molecule has 0 amide bonds. The summed E-state index contributed by atoms with van der Waals surface area (Å²) in [5, 5.41) is 19.4. The minimum absolute atomic E-state index is 0.527. The summed E-state index contributed by atoms with van der Waals surface area (Å²) in [4.78, 5) is 0. The predicted molar refractivity (Wildman–Crippen MR) is 52.3 cm³/mol. The van der Waals surface area contributed by atoms with Crippen molar-refractivity contribution < 1.29 is 5.21 Å². The summed E-state index contributed by atoms with van der Waals surface area (Å²) in [7, 11) is 0. The first-order valence-corrected chi connectivity index (χ1v) is 4.53. The molecule has 0 bridgehead atoms. The molecule has 6 nitrogen and oxygen atoms in total. The van der Waals surface area contributed by atoms with Gasteiger partial charge in [0.1, 0.15) is 0 Å². The van der Waals surface area contributed by atoms with Crippen molar-refractivity contribution >= 4 is 5.71 Å². The molecule has 1 heterocycles. The van der Waals surface area contributed by atoms with Crippen LogP contribution in [0.2, 0.25) is 0 Å². The lowest BCUT2D eigenvalue weighted by molar-refractivity contribution is 0.317. The number of hydrogen-bond acceptors (Lipinski definition) is 5.